The van der Waals surface area contributed by atoms with Gasteiger partial charge in [-0.15, -0.1) is 30.6 Å². The maximum absolute atomic E-state index is 13.6. The first-order chi connectivity index (χ1) is 15.1. The van der Waals surface area contributed by atoms with E-state index in [1.54, 1.807) is 0 Å². The molecule has 0 saturated heterocycles. The number of rotatable bonds is 6. The maximum atomic E-state index is 13.6. The summed E-state index contributed by atoms with van der Waals surface area (Å²) in [6.45, 7) is 1.98. The van der Waals surface area contributed by atoms with Crippen LogP contribution in [-0.2, 0) is 0 Å². The van der Waals surface area contributed by atoms with Crippen LogP contribution in [0.4, 0.5) is 5.69 Å². The third-order valence-electron chi connectivity index (χ3n) is 3.98. The molecule has 3 heterocycles. The molecule has 3 aromatic rings. The molecule has 0 saturated carbocycles. The van der Waals surface area contributed by atoms with Crippen LogP contribution in [0.25, 0.3) is 0 Å². The molecule has 9 nitrogen and oxygen atoms in total. The zero-order valence-electron chi connectivity index (χ0n) is 15.8. The first kappa shape index (κ1) is 24.8. The van der Waals surface area contributed by atoms with Crippen molar-refractivity contribution < 1.29 is 9.59 Å². The second kappa shape index (κ2) is 10.4. The number of amides is 1. The van der Waals surface area contributed by atoms with E-state index >= 15 is 0 Å². The molecule has 0 aromatic carbocycles. The molecule has 3 aromatic heterocycles. The first-order valence-corrected chi connectivity index (χ1v) is 10.9. The van der Waals surface area contributed by atoms with Crippen LogP contribution < -0.4 is 4.90 Å². The number of halogens is 6. The lowest BCUT2D eigenvalue weighted by atomic mass is 10.0. The van der Waals surface area contributed by atoms with Gasteiger partial charge in [0.25, 0.3) is 5.91 Å². The van der Waals surface area contributed by atoms with Gasteiger partial charge in [-0.3, -0.25) is 9.59 Å². The fourth-order valence-electron chi connectivity index (χ4n) is 2.67. The SMILES string of the molecule is CCCN(C(=O)c1c(Cl)nnc(Cl)c1C(=O)c1cc(Cl)nnc1Cl)c1cc(Cl)nnc1Cl. The predicted octanol–water partition coefficient (Wildman–Crippen LogP) is 5.26. The van der Waals surface area contributed by atoms with Gasteiger partial charge in [0.1, 0.15) is 0 Å². The summed E-state index contributed by atoms with van der Waals surface area (Å²) in [7, 11) is 0. The topological polar surface area (TPSA) is 115 Å². The highest BCUT2D eigenvalue weighted by Crippen LogP contribution is 2.32. The number of carbonyl (C=O) groups is 2. The lowest BCUT2D eigenvalue weighted by Gasteiger charge is -2.24. The second-order valence-electron chi connectivity index (χ2n) is 6.03. The van der Waals surface area contributed by atoms with Gasteiger partial charge in [-0.1, -0.05) is 76.5 Å². The number of carbonyl (C=O) groups excluding carboxylic acids is 2. The molecular formula is C17H9Cl6N7O2. The first-order valence-electron chi connectivity index (χ1n) is 8.61. The van der Waals surface area contributed by atoms with Gasteiger partial charge >= 0.3 is 0 Å². The lowest BCUT2D eigenvalue weighted by Crippen LogP contribution is -2.34. The Bertz CT molecular complexity index is 1230. The van der Waals surface area contributed by atoms with E-state index in [4.69, 9.17) is 69.6 Å². The van der Waals surface area contributed by atoms with Crippen molar-refractivity contribution in [2.75, 3.05) is 11.4 Å². The van der Waals surface area contributed by atoms with E-state index in [2.05, 4.69) is 30.6 Å². The highest BCUT2D eigenvalue weighted by molar-refractivity contribution is 6.41. The summed E-state index contributed by atoms with van der Waals surface area (Å²) in [4.78, 5) is 28.1. The minimum atomic E-state index is -0.814. The highest BCUT2D eigenvalue weighted by atomic mass is 35.5. The summed E-state index contributed by atoms with van der Waals surface area (Å²) in [6.07, 6.45) is 0.505. The molecule has 0 radical (unpaired) electrons. The van der Waals surface area contributed by atoms with Gasteiger partial charge in [-0.2, -0.15) is 0 Å². The Kier molecular flexibility index (Phi) is 8.02. The normalized spacial score (nSPS) is 10.8. The van der Waals surface area contributed by atoms with E-state index in [1.165, 1.54) is 17.0 Å². The summed E-state index contributed by atoms with van der Waals surface area (Å²) in [5, 5.41) is 20.6. The molecule has 0 spiro atoms. The molecule has 0 atom stereocenters. The highest BCUT2D eigenvalue weighted by Gasteiger charge is 2.32. The average molecular weight is 556 g/mol. The molecule has 0 fully saturated rings. The molecule has 3 rings (SSSR count). The number of hydrogen-bond acceptors (Lipinski definition) is 8. The van der Waals surface area contributed by atoms with Gasteiger partial charge < -0.3 is 4.90 Å². The van der Waals surface area contributed by atoms with Crippen LogP contribution in [-0.4, -0.2) is 48.8 Å². The molecule has 166 valence electrons. The van der Waals surface area contributed by atoms with Crippen molar-refractivity contribution in [3.8, 4) is 0 Å². The molecule has 1 amide bonds. The Hall–Kier alpha value is -1.88. The Labute approximate surface area is 210 Å². The van der Waals surface area contributed by atoms with Crippen molar-refractivity contribution in [3.05, 3.63) is 59.7 Å². The van der Waals surface area contributed by atoms with Crippen LogP contribution in [0.2, 0.25) is 30.9 Å². The molecule has 0 aliphatic rings. The quantitative estimate of drug-likeness (QED) is 0.378. The number of aromatic nitrogens is 6. The predicted molar refractivity (Wildman–Crippen MR) is 122 cm³/mol. The standard InChI is InChI=1S/C17H9Cl6N7O2/c1-2-3-30(7-5-9(19)25-27-14(7)21)17(32)11-10(15(22)28-29-16(11)23)12(31)6-4-8(18)24-26-13(6)20/h4-5H,2-3H2,1H3. The third-order valence-corrected chi connectivity index (χ3v) is 5.42. The molecule has 0 bridgehead atoms. The van der Waals surface area contributed by atoms with Crippen molar-refractivity contribution in [1.82, 2.24) is 30.6 Å². The van der Waals surface area contributed by atoms with E-state index in [0.29, 0.717) is 6.42 Å². The van der Waals surface area contributed by atoms with Gasteiger partial charge in [-0.25, -0.2) is 0 Å². The largest absolute Gasteiger partial charge is 0.305 e. The molecule has 0 aliphatic carbocycles. The number of anilines is 1. The van der Waals surface area contributed by atoms with Crippen LogP contribution >= 0.6 is 69.6 Å². The summed E-state index contributed by atoms with van der Waals surface area (Å²) in [5.74, 6) is -1.57. The summed E-state index contributed by atoms with van der Waals surface area (Å²) >= 11 is 36.3. The van der Waals surface area contributed by atoms with E-state index in [0.717, 1.165) is 0 Å². The zero-order chi connectivity index (χ0) is 23.6. The lowest BCUT2D eigenvalue weighted by molar-refractivity contribution is 0.0970. The summed E-state index contributed by atoms with van der Waals surface area (Å²) < 4.78 is 0. The fourth-order valence-corrected chi connectivity index (χ4v) is 3.76. The van der Waals surface area contributed by atoms with Gasteiger partial charge in [0.15, 0.2) is 36.7 Å². The maximum Gasteiger partial charge on any atom is 0.262 e. The number of nitrogens with zero attached hydrogens (tertiary/aromatic N) is 7. The van der Waals surface area contributed by atoms with Crippen LogP contribution in [0.5, 0.6) is 0 Å². The number of ketones is 1. The van der Waals surface area contributed by atoms with E-state index < -0.39 is 11.7 Å². The third kappa shape index (κ3) is 5.03. The molecule has 15 heteroatoms. The molecular weight excluding hydrogens is 547 g/mol. The van der Waals surface area contributed by atoms with Crippen molar-refractivity contribution in [3.63, 3.8) is 0 Å². The Morgan fingerprint density at radius 3 is 1.91 bits per heavy atom. The van der Waals surface area contributed by atoms with E-state index in [1.807, 2.05) is 6.92 Å². The van der Waals surface area contributed by atoms with Crippen molar-refractivity contribution in [2.45, 2.75) is 13.3 Å². The summed E-state index contributed by atoms with van der Waals surface area (Å²) in [5.41, 5.74) is -0.709. The summed E-state index contributed by atoms with van der Waals surface area (Å²) in [6, 6.07) is 2.52. The molecule has 32 heavy (non-hydrogen) atoms. The van der Waals surface area contributed by atoms with Crippen molar-refractivity contribution >= 4 is 87.0 Å². The Morgan fingerprint density at radius 1 is 0.750 bits per heavy atom. The van der Waals surface area contributed by atoms with Crippen LogP contribution in [0.15, 0.2) is 12.1 Å². The van der Waals surface area contributed by atoms with Crippen molar-refractivity contribution in [2.24, 2.45) is 0 Å². The second-order valence-corrected chi connectivity index (χ2v) is 8.24. The van der Waals surface area contributed by atoms with Gasteiger partial charge in [0.05, 0.1) is 22.4 Å². The van der Waals surface area contributed by atoms with Gasteiger partial charge in [0.2, 0.25) is 0 Å². The van der Waals surface area contributed by atoms with Crippen molar-refractivity contribution in [1.29, 1.82) is 0 Å². The van der Waals surface area contributed by atoms with E-state index in [9.17, 15) is 9.59 Å². The average Bonchev–Trinajstić information content (AvgIpc) is 2.76. The monoisotopic (exact) mass is 553 g/mol. The van der Waals surface area contributed by atoms with Crippen LogP contribution in [0.1, 0.15) is 39.6 Å². The fraction of sp³-hybridized carbons (Fsp3) is 0.176. The smallest absolute Gasteiger partial charge is 0.262 e. The minimum Gasteiger partial charge on any atom is -0.305 e. The zero-order valence-corrected chi connectivity index (χ0v) is 20.3. The van der Waals surface area contributed by atoms with E-state index in [-0.39, 0.29) is 59.8 Å². The molecule has 0 unspecified atom stereocenters. The Balaban J connectivity index is 2.22. The number of hydrogen-bond donors (Lipinski definition) is 0. The van der Waals surface area contributed by atoms with Crippen LogP contribution in [0, 0.1) is 0 Å². The van der Waals surface area contributed by atoms with Gasteiger partial charge in [-0.05, 0) is 12.5 Å². The molecule has 0 aliphatic heterocycles. The van der Waals surface area contributed by atoms with Crippen LogP contribution in [0.3, 0.4) is 0 Å². The molecule has 0 N–H and O–H groups in total. The minimum absolute atomic E-state index is 0.00382. The van der Waals surface area contributed by atoms with Gasteiger partial charge in [0, 0.05) is 12.6 Å². The Morgan fingerprint density at radius 2 is 1.28 bits per heavy atom.